The van der Waals surface area contributed by atoms with Gasteiger partial charge in [-0.05, 0) is 47.6 Å². The highest BCUT2D eigenvalue weighted by atomic mass is 19.1. The van der Waals surface area contributed by atoms with Crippen LogP contribution in [0, 0.1) is 5.82 Å². The van der Waals surface area contributed by atoms with Crippen LogP contribution in [0.1, 0.15) is 65.0 Å². The molecule has 2 aromatic carbocycles. The molecule has 0 aliphatic heterocycles. The summed E-state index contributed by atoms with van der Waals surface area (Å²) in [5, 5.41) is 2.93. The molecule has 2 aromatic rings. The summed E-state index contributed by atoms with van der Waals surface area (Å²) in [6.07, 6.45) is 2.31. The number of benzene rings is 2. The van der Waals surface area contributed by atoms with Crippen LogP contribution in [0.15, 0.2) is 48.5 Å². The van der Waals surface area contributed by atoms with E-state index in [1.807, 2.05) is 31.2 Å². The lowest BCUT2D eigenvalue weighted by molar-refractivity contribution is -0.143. The van der Waals surface area contributed by atoms with Crippen molar-refractivity contribution in [3.63, 3.8) is 0 Å². The molecule has 0 heterocycles. The first-order chi connectivity index (χ1) is 15.7. The summed E-state index contributed by atoms with van der Waals surface area (Å²) in [5.74, 6) is -0.166. The quantitative estimate of drug-likeness (QED) is 0.471. The predicted molar refractivity (Wildman–Crippen MR) is 130 cm³/mol. The van der Waals surface area contributed by atoms with Crippen LogP contribution in [0.4, 0.5) is 4.39 Å². The summed E-state index contributed by atoms with van der Waals surface area (Å²) in [4.78, 5) is 27.8. The highest BCUT2D eigenvalue weighted by Gasteiger charge is 2.29. The molecule has 6 heteroatoms. The zero-order chi connectivity index (χ0) is 24.4. The number of carbonyl (C=O) groups is 2. The van der Waals surface area contributed by atoms with Gasteiger partial charge in [0.05, 0.1) is 0 Å². The maximum atomic E-state index is 13.4. The molecule has 33 heavy (non-hydrogen) atoms. The highest BCUT2D eigenvalue weighted by Crippen LogP contribution is 2.31. The standard InChI is InChI=1S/C27H37FN2O3/c1-6-8-17-29-26(32)23(7-2)30(18-20-13-15-21(28)16-14-20)25(31)19-33-24-12-10-9-11-22(24)27(3,4)5/h9-16,23H,6-8,17-19H2,1-5H3,(H,29,32). The number of nitrogens with zero attached hydrogens (tertiary/aromatic N) is 1. The molecule has 0 saturated carbocycles. The Morgan fingerprint density at radius 1 is 1.06 bits per heavy atom. The summed E-state index contributed by atoms with van der Waals surface area (Å²) in [7, 11) is 0. The van der Waals surface area contributed by atoms with E-state index in [0.717, 1.165) is 24.0 Å². The molecule has 180 valence electrons. The number of nitrogens with one attached hydrogen (secondary N) is 1. The number of hydrogen-bond acceptors (Lipinski definition) is 3. The number of unbranched alkanes of at least 4 members (excludes halogenated alkanes) is 1. The normalized spacial score (nSPS) is 12.2. The van der Waals surface area contributed by atoms with Crippen molar-refractivity contribution in [2.45, 2.75) is 71.9 Å². The number of hydrogen-bond donors (Lipinski definition) is 1. The lowest BCUT2D eigenvalue weighted by Gasteiger charge is -2.31. The minimum Gasteiger partial charge on any atom is -0.483 e. The van der Waals surface area contributed by atoms with E-state index < -0.39 is 6.04 Å². The van der Waals surface area contributed by atoms with Crippen LogP contribution in [-0.4, -0.2) is 35.9 Å². The zero-order valence-electron chi connectivity index (χ0n) is 20.5. The number of rotatable bonds is 11. The molecule has 0 saturated heterocycles. The van der Waals surface area contributed by atoms with E-state index in [1.54, 1.807) is 12.1 Å². The molecule has 0 spiro atoms. The summed E-state index contributed by atoms with van der Waals surface area (Å²) < 4.78 is 19.3. The summed E-state index contributed by atoms with van der Waals surface area (Å²) in [5.41, 5.74) is 1.62. The molecule has 2 amide bonds. The molecule has 0 radical (unpaired) electrons. The number of halogens is 1. The lowest BCUT2D eigenvalue weighted by Crippen LogP contribution is -2.50. The fourth-order valence-electron chi connectivity index (χ4n) is 3.65. The molecule has 0 aliphatic carbocycles. The summed E-state index contributed by atoms with van der Waals surface area (Å²) >= 11 is 0. The molecular formula is C27H37FN2O3. The predicted octanol–water partition coefficient (Wildman–Crippen LogP) is 5.23. The zero-order valence-corrected chi connectivity index (χ0v) is 20.5. The summed E-state index contributed by atoms with van der Waals surface area (Å²) in [6, 6.07) is 13.0. The van der Waals surface area contributed by atoms with Gasteiger partial charge >= 0.3 is 0 Å². The first-order valence-corrected chi connectivity index (χ1v) is 11.7. The topological polar surface area (TPSA) is 58.6 Å². The third-order valence-electron chi connectivity index (χ3n) is 5.53. The van der Waals surface area contributed by atoms with Crippen LogP contribution in [-0.2, 0) is 21.5 Å². The van der Waals surface area contributed by atoms with Gasteiger partial charge < -0.3 is 15.0 Å². The highest BCUT2D eigenvalue weighted by molar-refractivity contribution is 5.88. The average Bonchev–Trinajstić information content (AvgIpc) is 2.78. The molecule has 0 fully saturated rings. The van der Waals surface area contributed by atoms with Crippen molar-refractivity contribution >= 4 is 11.8 Å². The third kappa shape index (κ3) is 7.88. The second-order valence-electron chi connectivity index (χ2n) is 9.25. The molecular weight excluding hydrogens is 419 g/mol. The second-order valence-corrected chi connectivity index (χ2v) is 9.25. The van der Waals surface area contributed by atoms with Crippen molar-refractivity contribution in [1.29, 1.82) is 0 Å². The van der Waals surface area contributed by atoms with Crippen molar-refractivity contribution in [1.82, 2.24) is 10.2 Å². The second kappa shape index (κ2) is 12.4. The van der Waals surface area contributed by atoms with Gasteiger partial charge in [0.1, 0.15) is 17.6 Å². The van der Waals surface area contributed by atoms with Gasteiger partial charge in [0.25, 0.3) is 5.91 Å². The monoisotopic (exact) mass is 456 g/mol. The van der Waals surface area contributed by atoms with Crippen LogP contribution in [0.5, 0.6) is 5.75 Å². The van der Waals surface area contributed by atoms with E-state index in [-0.39, 0.29) is 36.2 Å². The third-order valence-corrected chi connectivity index (χ3v) is 5.53. The summed E-state index contributed by atoms with van der Waals surface area (Å²) in [6.45, 7) is 10.8. The van der Waals surface area contributed by atoms with Gasteiger partial charge in [-0.3, -0.25) is 9.59 Å². The van der Waals surface area contributed by atoms with Crippen molar-refractivity contribution < 1.29 is 18.7 Å². The fraction of sp³-hybridized carbons (Fsp3) is 0.481. The first kappa shape index (κ1) is 26.4. The Morgan fingerprint density at radius 2 is 1.73 bits per heavy atom. The largest absolute Gasteiger partial charge is 0.483 e. The number of carbonyl (C=O) groups excluding carboxylic acids is 2. The van der Waals surface area contributed by atoms with Gasteiger partial charge in [0.15, 0.2) is 6.61 Å². The van der Waals surface area contributed by atoms with E-state index in [0.29, 0.717) is 18.7 Å². The lowest BCUT2D eigenvalue weighted by atomic mass is 9.86. The average molecular weight is 457 g/mol. The molecule has 1 unspecified atom stereocenters. The molecule has 1 atom stereocenters. The van der Waals surface area contributed by atoms with E-state index in [4.69, 9.17) is 4.74 Å². The number of ether oxygens (including phenoxy) is 1. The Labute approximate surface area is 197 Å². The van der Waals surface area contributed by atoms with Crippen LogP contribution in [0.25, 0.3) is 0 Å². The van der Waals surface area contributed by atoms with Gasteiger partial charge in [-0.25, -0.2) is 4.39 Å². The Kier molecular flexibility index (Phi) is 9.89. The SMILES string of the molecule is CCCCNC(=O)C(CC)N(Cc1ccc(F)cc1)C(=O)COc1ccccc1C(C)(C)C. The van der Waals surface area contributed by atoms with Crippen molar-refractivity contribution in [3.8, 4) is 5.75 Å². The van der Waals surface area contributed by atoms with E-state index in [2.05, 4.69) is 33.0 Å². The maximum Gasteiger partial charge on any atom is 0.261 e. The van der Waals surface area contributed by atoms with Crippen molar-refractivity contribution in [2.24, 2.45) is 0 Å². The first-order valence-electron chi connectivity index (χ1n) is 11.7. The van der Waals surface area contributed by atoms with Crippen LogP contribution in [0.2, 0.25) is 0 Å². The van der Waals surface area contributed by atoms with E-state index in [9.17, 15) is 14.0 Å². The number of para-hydroxylation sites is 1. The molecule has 2 rings (SSSR count). The van der Waals surface area contributed by atoms with Gasteiger partial charge in [-0.15, -0.1) is 0 Å². The number of amides is 2. The molecule has 0 bridgehead atoms. The van der Waals surface area contributed by atoms with Gasteiger partial charge in [-0.2, -0.15) is 0 Å². The Hall–Kier alpha value is -2.89. The molecule has 0 aliphatic rings. The molecule has 1 N–H and O–H groups in total. The fourth-order valence-corrected chi connectivity index (χ4v) is 3.65. The Balaban J connectivity index is 2.23. The van der Waals surface area contributed by atoms with Crippen LogP contribution in [0.3, 0.4) is 0 Å². The van der Waals surface area contributed by atoms with Crippen LogP contribution >= 0.6 is 0 Å². The molecule has 5 nitrogen and oxygen atoms in total. The Bertz CT molecular complexity index is 906. The maximum absolute atomic E-state index is 13.4. The van der Waals surface area contributed by atoms with Gasteiger partial charge in [0, 0.05) is 13.1 Å². The minimum atomic E-state index is -0.638. The van der Waals surface area contributed by atoms with E-state index >= 15 is 0 Å². The van der Waals surface area contributed by atoms with Crippen molar-refractivity contribution in [3.05, 3.63) is 65.5 Å². The van der Waals surface area contributed by atoms with E-state index in [1.165, 1.54) is 17.0 Å². The smallest absolute Gasteiger partial charge is 0.261 e. The Morgan fingerprint density at radius 3 is 2.33 bits per heavy atom. The van der Waals surface area contributed by atoms with Crippen LogP contribution < -0.4 is 10.1 Å². The van der Waals surface area contributed by atoms with Gasteiger partial charge in [-0.1, -0.05) is 71.4 Å². The van der Waals surface area contributed by atoms with Crippen molar-refractivity contribution in [2.75, 3.05) is 13.2 Å². The van der Waals surface area contributed by atoms with Gasteiger partial charge in [0.2, 0.25) is 5.91 Å². The molecule has 0 aromatic heterocycles. The minimum absolute atomic E-state index is 0.140.